The summed E-state index contributed by atoms with van der Waals surface area (Å²) in [4.78, 5) is 70.9. The number of carboxylic acids is 2. The van der Waals surface area contributed by atoms with E-state index in [0.717, 1.165) is 19.3 Å². The van der Waals surface area contributed by atoms with Gasteiger partial charge in [0.1, 0.15) is 12.1 Å². The maximum Gasteiger partial charge on any atom is 0.326 e. The van der Waals surface area contributed by atoms with Crippen LogP contribution in [0.5, 0.6) is 0 Å². The first-order chi connectivity index (χ1) is 21.5. The topological polar surface area (TPSA) is 205 Å². The van der Waals surface area contributed by atoms with E-state index in [1.165, 1.54) is 57.8 Å². The third-order valence-corrected chi connectivity index (χ3v) is 8.01. The predicted octanol–water partition coefficient (Wildman–Crippen LogP) is 4.24. The first-order valence-corrected chi connectivity index (χ1v) is 17.2. The molecule has 3 atom stereocenters. The highest BCUT2D eigenvalue weighted by Crippen LogP contribution is 2.13. The zero-order chi connectivity index (χ0) is 33.9. The van der Waals surface area contributed by atoms with E-state index in [4.69, 9.17) is 5.73 Å². The molecule has 12 nitrogen and oxygen atoms in total. The highest BCUT2D eigenvalue weighted by molar-refractivity contribution is 7.96. The van der Waals surface area contributed by atoms with Crippen molar-refractivity contribution in [2.75, 3.05) is 6.54 Å². The van der Waals surface area contributed by atoms with E-state index in [2.05, 4.69) is 35.5 Å². The molecule has 0 spiro atoms. The normalized spacial score (nSPS) is 13.0. The Morgan fingerprint density at radius 3 is 1.44 bits per heavy atom. The van der Waals surface area contributed by atoms with Crippen molar-refractivity contribution in [2.45, 2.75) is 160 Å². The largest absolute Gasteiger partial charge is 0.480 e. The van der Waals surface area contributed by atoms with Crippen LogP contribution in [0.15, 0.2) is 0 Å². The maximum atomic E-state index is 12.4. The van der Waals surface area contributed by atoms with Crippen molar-refractivity contribution in [3.8, 4) is 0 Å². The van der Waals surface area contributed by atoms with Crippen LogP contribution in [-0.2, 0) is 28.8 Å². The number of hydrogen-bond acceptors (Lipinski definition) is 7. The molecule has 0 bridgehead atoms. The van der Waals surface area contributed by atoms with Gasteiger partial charge >= 0.3 is 11.9 Å². The Morgan fingerprint density at radius 2 is 1.00 bits per heavy atom. The Labute approximate surface area is 274 Å². The molecule has 3 amide bonds. The first-order valence-electron chi connectivity index (χ1n) is 16.8. The molecule has 0 radical (unpaired) electrons. The molecular formula is C32H58N4O8S. The van der Waals surface area contributed by atoms with Crippen molar-refractivity contribution in [2.24, 2.45) is 5.73 Å². The van der Waals surface area contributed by atoms with Gasteiger partial charge in [0.2, 0.25) is 22.8 Å². The summed E-state index contributed by atoms with van der Waals surface area (Å²) in [5.74, 6) is -4.05. The van der Waals surface area contributed by atoms with Gasteiger partial charge in [-0.15, -0.1) is 12.6 Å². The highest BCUT2D eigenvalue weighted by atomic mass is 32.1. The number of rotatable bonds is 30. The van der Waals surface area contributed by atoms with Gasteiger partial charge < -0.3 is 31.9 Å². The van der Waals surface area contributed by atoms with Crippen LogP contribution in [0.2, 0.25) is 0 Å². The predicted molar refractivity (Wildman–Crippen MR) is 177 cm³/mol. The lowest BCUT2D eigenvalue weighted by atomic mass is 10.0. The summed E-state index contributed by atoms with van der Waals surface area (Å²) in [5.41, 5.74) is 5.59. The van der Waals surface area contributed by atoms with Crippen LogP contribution in [0.25, 0.3) is 0 Å². The van der Waals surface area contributed by atoms with Crippen molar-refractivity contribution in [3.05, 3.63) is 0 Å². The molecule has 0 aromatic heterocycles. The molecule has 45 heavy (non-hydrogen) atoms. The van der Waals surface area contributed by atoms with Gasteiger partial charge in [-0.25, -0.2) is 9.59 Å². The number of aliphatic carboxylic acids is 2. The summed E-state index contributed by atoms with van der Waals surface area (Å²) in [5, 5.41) is 25.9. The second kappa shape index (κ2) is 27.6. The van der Waals surface area contributed by atoms with E-state index in [1.54, 1.807) is 0 Å². The highest BCUT2D eigenvalue weighted by Gasteiger charge is 2.24. The zero-order valence-electron chi connectivity index (χ0n) is 27.2. The van der Waals surface area contributed by atoms with Crippen LogP contribution < -0.4 is 21.7 Å². The van der Waals surface area contributed by atoms with E-state index >= 15 is 0 Å². The van der Waals surface area contributed by atoms with E-state index in [-0.39, 0.29) is 38.0 Å². The number of nitrogens with one attached hydrogen (secondary N) is 3. The minimum absolute atomic E-state index is 0.140. The molecule has 0 aliphatic heterocycles. The standard InChI is InChI=1S/C32H58N4O8S/c1-2-3-4-5-6-7-8-9-10-11-12-13-14-18-28(38)35-26(31(42)43)20-22-29(39)36-25(30(40)41)19-21-27(37)34-23-16-15-17-24(33)32(44)45/h24-26H,2-23,33H2,1H3,(H,34,37)(H,35,38)(H,36,39)(H,40,41)(H,42,43)(H,44,45)/t24-,25-,26-/m0/s1. The van der Waals surface area contributed by atoms with E-state index in [1.807, 2.05) is 0 Å². The summed E-state index contributed by atoms with van der Waals surface area (Å²) in [6.07, 6.45) is 16.4. The van der Waals surface area contributed by atoms with Crippen LogP contribution in [0, 0.1) is 0 Å². The molecular weight excluding hydrogens is 600 g/mol. The lowest BCUT2D eigenvalue weighted by Crippen LogP contribution is -2.44. The number of carboxylic acid groups (broad SMARTS) is 2. The summed E-state index contributed by atoms with van der Waals surface area (Å²) < 4.78 is 0. The summed E-state index contributed by atoms with van der Waals surface area (Å²) in [6, 6.07) is -3.24. The molecule has 13 heteroatoms. The average Bonchev–Trinajstić information content (AvgIpc) is 2.98. The Balaban J connectivity index is 4.18. The van der Waals surface area contributed by atoms with Crippen molar-refractivity contribution < 1.29 is 39.0 Å². The van der Waals surface area contributed by atoms with Gasteiger partial charge in [-0.05, 0) is 38.5 Å². The minimum Gasteiger partial charge on any atom is -0.480 e. The van der Waals surface area contributed by atoms with Gasteiger partial charge in [0, 0.05) is 25.8 Å². The average molecular weight is 659 g/mol. The second-order valence-corrected chi connectivity index (χ2v) is 12.2. The van der Waals surface area contributed by atoms with Gasteiger partial charge in [-0.3, -0.25) is 19.2 Å². The summed E-state index contributed by atoms with van der Waals surface area (Å²) in [7, 11) is 0. The van der Waals surface area contributed by atoms with Gasteiger partial charge in [-0.1, -0.05) is 84.0 Å². The van der Waals surface area contributed by atoms with E-state index < -0.39 is 47.0 Å². The quantitative estimate of drug-likeness (QED) is 0.0435. The van der Waals surface area contributed by atoms with Crippen LogP contribution in [0.4, 0.5) is 0 Å². The van der Waals surface area contributed by atoms with Crippen molar-refractivity contribution >= 4 is 47.4 Å². The van der Waals surface area contributed by atoms with Crippen molar-refractivity contribution in [1.29, 1.82) is 0 Å². The summed E-state index contributed by atoms with van der Waals surface area (Å²) >= 11 is 3.66. The Kier molecular flexibility index (Phi) is 26.0. The molecule has 0 fully saturated rings. The van der Waals surface area contributed by atoms with Gasteiger partial charge in [0.05, 0.1) is 6.04 Å². The lowest BCUT2D eigenvalue weighted by Gasteiger charge is -2.17. The monoisotopic (exact) mass is 658 g/mol. The zero-order valence-corrected chi connectivity index (χ0v) is 28.1. The molecule has 0 saturated carbocycles. The fourth-order valence-corrected chi connectivity index (χ4v) is 4.96. The Bertz CT molecular complexity index is 889. The molecule has 0 aliphatic carbocycles. The number of unbranched alkanes of at least 4 members (excludes halogenated alkanes) is 13. The lowest BCUT2D eigenvalue weighted by molar-refractivity contribution is -0.143. The third kappa shape index (κ3) is 25.2. The second-order valence-electron chi connectivity index (χ2n) is 11.8. The Hall–Kier alpha value is -2.67. The molecule has 0 aromatic carbocycles. The molecule has 0 unspecified atom stereocenters. The van der Waals surface area contributed by atoms with Crippen LogP contribution in [0.3, 0.4) is 0 Å². The van der Waals surface area contributed by atoms with Gasteiger partial charge in [0.25, 0.3) is 0 Å². The van der Waals surface area contributed by atoms with Crippen LogP contribution in [0.1, 0.15) is 142 Å². The number of amides is 3. The fraction of sp³-hybridized carbons (Fsp3) is 0.812. The fourth-order valence-electron chi connectivity index (χ4n) is 4.83. The minimum atomic E-state index is -1.32. The van der Waals surface area contributed by atoms with Gasteiger partial charge in [0.15, 0.2) is 0 Å². The van der Waals surface area contributed by atoms with E-state index in [0.29, 0.717) is 32.2 Å². The molecule has 0 aromatic rings. The smallest absolute Gasteiger partial charge is 0.326 e. The molecule has 7 N–H and O–H groups in total. The number of thiol groups is 1. The SMILES string of the molecule is CCCCCCCCCCCCCCCC(=O)N[C@@H](CCC(=O)N[C@@H](CCC(=O)NCCCC[C@H](N)C(=O)S)C(=O)O)C(=O)O. The maximum absolute atomic E-state index is 12.4. The molecule has 0 heterocycles. The molecule has 0 aliphatic rings. The van der Waals surface area contributed by atoms with Gasteiger partial charge in [-0.2, -0.15) is 0 Å². The van der Waals surface area contributed by atoms with Crippen LogP contribution >= 0.6 is 12.6 Å². The van der Waals surface area contributed by atoms with Crippen molar-refractivity contribution in [3.63, 3.8) is 0 Å². The number of hydrogen-bond donors (Lipinski definition) is 7. The third-order valence-electron chi connectivity index (χ3n) is 7.68. The van der Waals surface area contributed by atoms with E-state index in [9.17, 15) is 39.0 Å². The molecule has 0 saturated heterocycles. The number of nitrogens with two attached hydrogens (primary N) is 1. The summed E-state index contributed by atoms with van der Waals surface area (Å²) in [6.45, 7) is 2.55. The van der Waals surface area contributed by atoms with Crippen molar-refractivity contribution in [1.82, 2.24) is 16.0 Å². The molecule has 260 valence electrons. The molecule has 0 rings (SSSR count). The number of carbonyl (C=O) groups excluding carboxylic acids is 4. The van der Waals surface area contributed by atoms with Crippen LogP contribution in [-0.4, -0.2) is 69.7 Å². The number of carbonyl (C=O) groups is 6. The first kappa shape index (κ1) is 42.3. The Morgan fingerprint density at radius 1 is 0.578 bits per heavy atom.